The number of hydrogen-bond acceptors (Lipinski definition) is 5. The Morgan fingerprint density at radius 3 is 3.07 bits per heavy atom. The maximum absolute atomic E-state index is 5.62. The van der Waals surface area contributed by atoms with E-state index >= 15 is 0 Å². The van der Waals surface area contributed by atoms with Crippen LogP contribution < -0.4 is 5.73 Å². The van der Waals surface area contributed by atoms with Crippen LogP contribution >= 0.6 is 11.8 Å². The van der Waals surface area contributed by atoms with E-state index in [2.05, 4.69) is 34.0 Å². The van der Waals surface area contributed by atoms with Gasteiger partial charge in [-0.3, -0.25) is 5.10 Å². The molecule has 0 saturated heterocycles. The largest absolute Gasteiger partial charge is 0.368 e. The molecule has 2 heterocycles. The van der Waals surface area contributed by atoms with E-state index in [9.17, 15) is 0 Å². The van der Waals surface area contributed by atoms with Crippen molar-refractivity contribution in [3.63, 3.8) is 0 Å². The van der Waals surface area contributed by atoms with Crippen molar-refractivity contribution in [1.29, 1.82) is 0 Å². The van der Waals surface area contributed by atoms with Gasteiger partial charge in [0.1, 0.15) is 5.03 Å². The van der Waals surface area contributed by atoms with Gasteiger partial charge in [0.25, 0.3) is 0 Å². The molecular formula is C9H13N5S. The average Bonchev–Trinajstić information content (AvgIpc) is 2.65. The first-order valence-corrected chi connectivity index (χ1v) is 5.72. The van der Waals surface area contributed by atoms with Gasteiger partial charge in [-0.05, 0) is 6.42 Å². The molecule has 15 heavy (non-hydrogen) atoms. The molecule has 0 spiro atoms. The van der Waals surface area contributed by atoms with Crippen LogP contribution in [0.3, 0.4) is 0 Å². The van der Waals surface area contributed by atoms with Crippen LogP contribution in [0.4, 0.5) is 5.95 Å². The van der Waals surface area contributed by atoms with Gasteiger partial charge >= 0.3 is 0 Å². The topological polar surface area (TPSA) is 80.5 Å². The molecule has 0 bridgehead atoms. The Hall–Kier alpha value is -1.30. The molecule has 2 aromatic heterocycles. The van der Waals surface area contributed by atoms with Crippen LogP contribution in [0, 0.1) is 0 Å². The van der Waals surface area contributed by atoms with E-state index in [-0.39, 0.29) is 5.95 Å². The van der Waals surface area contributed by atoms with Crippen LogP contribution in [0.25, 0.3) is 11.0 Å². The summed E-state index contributed by atoms with van der Waals surface area (Å²) in [6.07, 6.45) is 2.83. The lowest BCUT2D eigenvalue weighted by Crippen LogP contribution is -1.99. The summed E-state index contributed by atoms with van der Waals surface area (Å²) in [5.74, 6) is 0.289. The van der Waals surface area contributed by atoms with E-state index in [1.165, 1.54) is 0 Å². The minimum absolute atomic E-state index is 0.289. The summed E-state index contributed by atoms with van der Waals surface area (Å²) in [5.41, 5.74) is 6.32. The Morgan fingerprint density at radius 1 is 1.53 bits per heavy atom. The number of aromatic amines is 1. The van der Waals surface area contributed by atoms with E-state index in [1.807, 2.05) is 0 Å². The first-order chi connectivity index (χ1) is 7.20. The van der Waals surface area contributed by atoms with E-state index in [0.29, 0.717) is 10.9 Å². The monoisotopic (exact) mass is 223 g/mol. The summed E-state index contributed by atoms with van der Waals surface area (Å²) in [7, 11) is 0. The third-order valence-electron chi connectivity index (χ3n) is 2.18. The van der Waals surface area contributed by atoms with Crippen molar-refractivity contribution in [3.8, 4) is 0 Å². The number of H-pyrrole nitrogens is 1. The van der Waals surface area contributed by atoms with Crippen LogP contribution in [0.2, 0.25) is 0 Å². The van der Waals surface area contributed by atoms with Crippen LogP contribution in [0.15, 0.2) is 11.2 Å². The third kappa shape index (κ3) is 2.04. The number of thioether (sulfide) groups is 1. The van der Waals surface area contributed by atoms with Crippen molar-refractivity contribution < 1.29 is 0 Å². The lowest BCUT2D eigenvalue weighted by molar-refractivity contribution is 0.902. The van der Waals surface area contributed by atoms with Gasteiger partial charge in [0, 0.05) is 5.25 Å². The third-order valence-corrected chi connectivity index (χ3v) is 3.45. The molecule has 0 aliphatic heterocycles. The fourth-order valence-electron chi connectivity index (χ4n) is 1.19. The minimum atomic E-state index is 0.289. The first kappa shape index (κ1) is 10.2. The van der Waals surface area contributed by atoms with Crippen LogP contribution in [0.5, 0.6) is 0 Å². The molecule has 1 unspecified atom stereocenters. The molecule has 0 aliphatic carbocycles. The second-order valence-corrected chi connectivity index (χ2v) is 4.78. The van der Waals surface area contributed by atoms with E-state index in [1.54, 1.807) is 18.0 Å². The highest BCUT2D eigenvalue weighted by Gasteiger charge is 2.11. The molecule has 0 radical (unpaired) electrons. The van der Waals surface area contributed by atoms with E-state index in [4.69, 9.17) is 5.73 Å². The average molecular weight is 223 g/mol. The predicted octanol–water partition coefficient (Wildman–Crippen LogP) is 1.83. The Balaban J connectivity index is 2.44. The highest BCUT2D eigenvalue weighted by molar-refractivity contribution is 8.00. The maximum Gasteiger partial charge on any atom is 0.223 e. The van der Waals surface area contributed by atoms with Crippen LogP contribution in [-0.2, 0) is 0 Å². The standard InChI is InChI=1S/C9H13N5S/c1-3-5(2)15-8-6-4-11-14-7(6)12-9(10)13-8/h4-5H,3H2,1-2H3,(H3,10,11,12,13,14). The van der Waals surface area contributed by atoms with Crippen molar-refractivity contribution in [3.05, 3.63) is 6.20 Å². The number of hydrogen-bond donors (Lipinski definition) is 2. The molecule has 1 atom stereocenters. The highest BCUT2D eigenvalue weighted by atomic mass is 32.2. The Labute approximate surface area is 91.9 Å². The van der Waals surface area contributed by atoms with Gasteiger partial charge in [0.2, 0.25) is 5.95 Å². The van der Waals surface area contributed by atoms with Crippen molar-refractivity contribution in [1.82, 2.24) is 20.2 Å². The minimum Gasteiger partial charge on any atom is -0.368 e. The number of nitrogens with two attached hydrogens (primary N) is 1. The molecule has 2 rings (SSSR count). The quantitative estimate of drug-likeness (QED) is 0.613. The van der Waals surface area contributed by atoms with Gasteiger partial charge in [0.15, 0.2) is 5.65 Å². The highest BCUT2D eigenvalue weighted by Crippen LogP contribution is 2.29. The predicted molar refractivity (Wildman–Crippen MR) is 61.7 cm³/mol. The number of anilines is 1. The zero-order valence-electron chi connectivity index (χ0n) is 8.69. The number of rotatable bonds is 3. The molecule has 0 aliphatic rings. The summed E-state index contributed by atoms with van der Waals surface area (Å²) < 4.78 is 0. The maximum atomic E-state index is 5.62. The Bertz CT molecular complexity index is 466. The summed E-state index contributed by atoms with van der Waals surface area (Å²) in [4.78, 5) is 8.30. The molecule has 0 saturated carbocycles. The smallest absolute Gasteiger partial charge is 0.223 e. The Morgan fingerprint density at radius 2 is 2.33 bits per heavy atom. The summed E-state index contributed by atoms with van der Waals surface area (Å²) in [6, 6.07) is 0. The van der Waals surface area contributed by atoms with Gasteiger partial charge in [-0.25, -0.2) is 4.98 Å². The number of fused-ring (bicyclic) bond motifs is 1. The first-order valence-electron chi connectivity index (χ1n) is 4.84. The molecule has 2 aromatic rings. The van der Waals surface area contributed by atoms with E-state index < -0.39 is 0 Å². The lowest BCUT2D eigenvalue weighted by atomic mass is 10.4. The zero-order chi connectivity index (χ0) is 10.8. The van der Waals surface area contributed by atoms with E-state index in [0.717, 1.165) is 16.8 Å². The molecule has 5 nitrogen and oxygen atoms in total. The Kier molecular flexibility index (Phi) is 2.77. The molecule has 0 aromatic carbocycles. The SMILES string of the molecule is CCC(C)Sc1nc(N)nc2[nH]ncc12. The van der Waals surface area contributed by atoms with Gasteiger partial charge in [-0.15, -0.1) is 11.8 Å². The lowest BCUT2D eigenvalue weighted by Gasteiger charge is -2.07. The van der Waals surface area contributed by atoms with Crippen molar-refractivity contribution in [2.24, 2.45) is 0 Å². The van der Waals surface area contributed by atoms with Crippen molar-refractivity contribution >= 4 is 28.7 Å². The fourth-order valence-corrected chi connectivity index (χ4v) is 2.16. The fraction of sp³-hybridized carbons (Fsp3) is 0.444. The van der Waals surface area contributed by atoms with Crippen molar-refractivity contribution in [2.75, 3.05) is 5.73 Å². The van der Waals surface area contributed by atoms with Gasteiger partial charge in [-0.2, -0.15) is 10.1 Å². The molecule has 6 heteroatoms. The second kappa shape index (κ2) is 4.06. The van der Waals surface area contributed by atoms with Gasteiger partial charge in [0.05, 0.1) is 11.6 Å². The van der Waals surface area contributed by atoms with Gasteiger partial charge < -0.3 is 5.73 Å². The van der Waals surface area contributed by atoms with Crippen LogP contribution in [-0.4, -0.2) is 25.4 Å². The number of nitrogens with one attached hydrogen (secondary N) is 1. The van der Waals surface area contributed by atoms with Gasteiger partial charge in [-0.1, -0.05) is 13.8 Å². The summed E-state index contributed by atoms with van der Waals surface area (Å²) in [6.45, 7) is 4.31. The molecule has 3 N–H and O–H groups in total. The molecule has 0 fully saturated rings. The zero-order valence-corrected chi connectivity index (χ0v) is 9.51. The number of nitrogen functional groups attached to an aromatic ring is 1. The summed E-state index contributed by atoms with van der Waals surface area (Å²) in [5, 5.41) is 9.09. The van der Waals surface area contributed by atoms with Crippen molar-refractivity contribution in [2.45, 2.75) is 30.5 Å². The molecular weight excluding hydrogens is 210 g/mol. The normalized spacial score (nSPS) is 13.2. The molecule has 80 valence electrons. The number of nitrogens with zero attached hydrogens (tertiary/aromatic N) is 3. The summed E-state index contributed by atoms with van der Waals surface area (Å²) >= 11 is 1.70. The van der Waals surface area contributed by atoms with Crippen LogP contribution in [0.1, 0.15) is 20.3 Å². The number of aromatic nitrogens is 4. The molecule has 0 amide bonds. The second-order valence-electron chi connectivity index (χ2n) is 3.36.